The topological polar surface area (TPSA) is 32.3 Å². The highest BCUT2D eigenvalue weighted by molar-refractivity contribution is 5.77. The minimum atomic E-state index is -0.187. The van der Waals surface area contributed by atoms with E-state index in [2.05, 4.69) is 55.3 Å². The average Bonchev–Trinajstić information content (AvgIpc) is 2.25. The Morgan fingerprint density at radius 1 is 1.21 bits per heavy atom. The normalized spacial score (nSPS) is 11.7. The summed E-state index contributed by atoms with van der Waals surface area (Å²) in [4.78, 5) is 14.0. The SMILES string of the molecule is Cc1ccc(CCC(=O)NC(C)(C)CN(C)C)cc1. The van der Waals surface area contributed by atoms with E-state index < -0.39 is 0 Å². The van der Waals surface area contributed by atoms with Gasteiger partial charge in [-0.1, -0.05) is 29.8 Å². The highest BCUT2D eigenvalue weighted by Crippen LogP contribution is 2.08. The second-order valence-corrected chi connectivity index (χ2v) is 6.16. The molecule has 0 fully saturated rings. The lowest BCUT2D eigenvalue weighted by atomic mass is 10.0. The molecule has 1 N–H and O–H groups in total. The third-order valence-electron chi connectivity index (χ3n) is 2.95. The molecule has 1 rings (SSSR count). The number of hydrogen-bond acceptors (Lipinski definition) is 2. The molecule has 0 aliphatic heterocycles. The van der Waals surface area contributed by atoms with Crippen LogP contribution in [0.4, 0.5) is 0 Å². The molecule has 0 radical (unpaired) electrons. The summed E-state index contributed by atoms with van der Waals surface area (Å²) in [7, 11) is 4.03. The Hall–Kier alpha value is -1.35. The zero-order valence-electron chi connectivity index (χ0n) is 12.8. The first-order valence-electron chi connectivity index (χ1n) is 6.80. The summed E-state index contributed by atoms with van der Waals surface area (Å²) in [5, 5.41) is 3.09. The van der Waals surface area contributed by atoms with E-state index in [1.807, 2.05) is 14.1 Å². The van der Waals surface area contributed by atoms with E-state index in [0.29, 0.717) is 6.42 Å². The fourth-order valence-electron chi connectivity index (χ4n) is 2.28. The quantitative estimate of drug-likeness (QED) is 0.853. The van der Waals surface area contributed by atoms with Crippen LogP contribution in [0.1, 0.15) is 31.4 Å². The van der Waals surface area contributed by atoms with Crippen molar-refractivity contribution in [3.63, 3.8) is 0 Å². The van der Waals surface area contributed by atoms with Gasteiger partial charge in [0.1, 0.15) is 0 Å². The van der Waals surface area contributed by atoms with Gasteiger partial charge in [-0.2, -0.15) is 0 Å². The molecule has 0 heterocycles. The number of hydrogen-bond donors (Lipinski definition) is 1. The molecule has 1 aromatic rings. The maximum atomic E-state index is 12.0. The molecule has 0 spiro atoms. The minimum absolute atomic E-state index is 0.118. The molecule has 1 aromatic carbocycles. The van der Waals surface area contributed by atoms with Crippen LogP contribution in [0.5, 0.6) is 0 Å². The zero-order valence-corrected chi connectivity index (χ0v) is 12.8. The number of benzene rings is 1. The summed E-state index contributed by atoms with van der Waals surface area (Å²) in [6.45, 7) is 7.01. The van der Waals surface area contributed by atoms with Gasteiger partial charge in [0, 0.05) is 18.5 Å². The number of amides is 1. The minimum Gasteiger partial charge on any atom is -0.350 e. The van der Waals surface area contributed by atoms with Crippen LogP contribution in [-0.2, 0) is 11.2 Å². The third-order valence-corrected chi connectivity index (χ3v) is 2.95. The standard InChI is InChI=1S/C16H26N2O/c1-13-6-8-14(9-7-13)10-11-15(19)17-16(2,3)12-18(4)5/h6-9H,10-12H2,1-5H3,(H,17,19). The van der Waals surface area contributed by atoms with Crippen molar-refractivity contribution < 1.29 is 4.79 Å². The molecule has 0 bridgehead atoms. The Bertz CT molecular complexity index is 407. The summed E-state index contributed by atoms with van der Waals surface area (Å²) in [5.41, 5.74) is 2.28. The number of carbonyl (C=O) groups is 1. The molecule has 0 saturated heterocycles. The second kappa shape index (κ2) is 6.71. The number of nitrogens with zero attached hydrogens (tertiary/aromatic N) is 1. The van der Waals surface area contributed by atoms with Gasteiger partial charge in [0.05, 0.1) is 0 Å². The smallest absolute Gasteiger partial charge is 0.220 e. The number of aryl methyl sites for hydroxylation is 2. The number of likely N-dealkylation sites (N-methyl/N-ethyl adjacent to an activating group) is 1. The van der Waals surface area contributed by atoms with Crippen molar-refractivity contribution in [3.05, 3.63) is 35.4 Å². The third kappa shape index (κ3) is 6.39. The van der Waals surface area contributed by atoms with Gasteiger partial charge in [-0.05, 0) is 46.9 Å². The summed E-state index contributed by atoms with van der Waals surface area (Å²) in [6.07, 6.45) is 1.34. The van der Waals surface area contributed by atoms with Gasteiger partial charge in [-0.3, -0.25) is 4.79 Å². The Kier molecular flexibility index (Phi) is 5.55. The molecule has 19 heavy (non-hydrogen) atoms. The van der Waals surface area contributed by atoms with Crippen LogP contribution in [0.25, 0.3) is 0 Å². The summed E-state index contributed by atoms with van der Waals surface area (Å²) in [5.74, 6) is 0.118. The number of nitrogens with one attached hydrogen (secondary N) is 1. The van der Waals surface area contributed by atoms with Crippen LogP contribution in [-0.4, -0.2) is 37.0 Å². The molecule has 0 unspecified atom stereocenters. The molecular weight excluding hydrogens is 236 g/mol. The highest BCUT2D eigenvalue weighted by atomic mass is 16.1. The predicted octanol–water partition coefficient (Wildman–Crippen LogP) is 2.38. The first-order chi connectivity index (χ1) is 8.78. The largest absolute Gasteiger partial charge is 0.350 e. The average molecular weight is 262 g/mol. The first kappa shape index (κ1) is 15.7. The van der Waals surface area contributed by atoms with Crippen molar-refractivity contribution in [2.24, 2.45) is 0 Å². The van der Waals surface area contributed by atoms with Crippen molar-refractivity contribution in [2.75, 3.05) is 20.6 Å². The molecule has 3 heteroatoms. The van der Waals surface area contributed by atoms with Crippen LogP contribution in [0.2, 0.25) is 0 Å². The molecular formula is C16H26N2O. The van der Waals surface area contributed by atoms with Crippen LogP contribution in [0.3, 0.4) is 0 Å². The monoisotopic (exact) mass is 262 g/mol. The van der Waals surface area contributed by atoms with Gasteiger partial charge in [0.2, 0.25) is 5.91 Å². The van der Waals surface area contributed by atoms with E-state index in [1.54, 1.807) is 0 Å². The van der Waals surface area contributed by atoms with E-state index in [-0.39, 0.29) is 11.4 Å². The van der Waals surface area contributed by atoms with Crippen LogP contribution in [0, 0.1) is 6.92 Å². The van der Waals surface area contributed by atoms with E-state index >= 15 is 0 Å². The van der Waals surface area contributed by atoms with Crippen molar-refractivity contribution in [1.82, 2.24) is 10.2 Å². The van der Waals surface area contributed by atoms with Crippen LogP contribution < -0.4 is 5.32 Å². The van der Waals surface area contributed by atoms with Crippen molar-refractivity contribution in [2.45, 2.75) is 39.2 Å². The molecule has 0 aromatic heterocycles. The molecule has 3 nitrogen and oxygen atoms in total. The second-order valence-electron chi connectivity index (χ2n) is 6.16. The molecule has 0 aliphatic rings. The maximum absolute atomic E-state index is 12.0. The molecule has 1 amide bonds. The van der Waals surface area contributed by atoms with Gasteiger partial charge >= 0.3 is 0 Å². The van der Waals surface area contributed by atoms with E-state index in [9.17, 15) is 4.79 Å². The van der Waals surface area contributed by atoms with E-state index in [1.165, 1.54) is 11.1 Å². The first-order valence-corrected chi connectivity index (χ1v) is 6.80. The van der Waals surface area contributed by atoms with Crippen LogP contribution >= 0.6 is 0 Å². The zero-order chi connectivity index (χ0) is 14.5. The van der Waals surface area contributed by atoms with E-state index in [0.717, 1.165) is 13.0 Å². The van der Waals surface area contributed by atoms with Gasteiger partial charge in [-0.15, -0.1) is 0 Å². The van der Waals surface area contributed by atoms with E-state index in [4.69, 9.17) is 0 Å². The van der Waals surface area contributed by atoms with Crippen LogP contribution in [0.15, 0.2) is 24.3 Å². The lowest BCUT2D eigenvalue weighted by molar-refractivity contribution is -0.122. The lowest BCUT2D eigenvalue weighted by Crippen LogP contribution is -2.50. The van der Waals surface area contributed by atoms with Crippen molar-refractivity contribution >= 4 is 5.91 Å². The van der Waals surface area contributed by atoms with Crippen molar-refractivity contribution in [3.8, 4) is 0 Å². The summed E-state index contributed by atoms with van der Waals surface area (Å²) >= 11 is 0. The Morgan fingerprint density at radius 2 is 1.79 bits per heavy atom. The van der Waals surface area contributed by atoms with Crippen molar-refractivity contribution in [1.29, 1.82) is 0 Å². The van der Waals surface area contributed by atoms with Gasteiger partial charge < -0.3 is 10.2 Å². The number of carbonyl (C=O) groups excluding carboxylic acids is 1. The predicted molar refractivity (Wildman–Crippen MR) is 80.3 cm³/mol. The Balaban J connectivity index is 2.41. The maximum Gasteiger partial charge on any atom is 0.220 e. The van der Waals surface area contributed by atoms with Gasteiger partial charge in [0.15, 0.2) is 0 Å². The summed E-state index contributed by atoms with van der Waals surface area (Å²) in [6, 6.07) is 8.35. The number of rotatable bonds is 6. The van der Waals surface area contributed by atoms with Gasteiger partial charge in [-0.25, -0.2) is 0 Å². The molecule has 106 valence electrons. The molecule has 0 aliphatic carbocycles. The Labute approximate surface area is 117 Å². The summed E-state index contributed by atoms with van der Waals surface area (Å²) < 4.78 is 0. The Morgan fingerprint density at radius 3 is 2.32 bits per heavy atom. The van der Waals surface area contributed by atoms with Gasteiger partial charge in [0.25, 0.3) is 0 Å². The fourth-order valence-corrected chi connectivity index (χ4v) is 2.28. The highest BCUT2D eigenvalue weighted by Gasteiger charge is 2.20. The molecule has 0 saturated carbocycles. The molecule has 0 atom stereocenters. The lowest BCUT2D eigenvalue weighted by Gasteiger charge is -2.29. The fraction of sp³-hybridized carbons (Fsp3) is 0.562.